The van der Waals surface area contributed by atoms with E-state index in [0.29, 0.717) is 0 Å². The van der Waals surface area contributed by atoms with Crippen LogP contribution in [-0.4, -0.2) is 22.3 Å². The number of para-hydroxylation sites is 1. The van der Waals surface area contributed by atoms with Crippen LogP contribution in [0.3, 0.4) is 0 Å². The van der Waals surface area contributed by atoms with Crippen LogP contribution in [0.5, 0.6) is 0 Å². The fraction of sp³-hybridized carbons (Fsp3) is 0.143. The van der Waals surface area contributed by atoms with Crippen molar-refractivity contribution in [3.05, 3.63) is 30.3 Å². The van der Waals surface area contributed by atoms with Crippen LogP contribution in [-0.2, 0) is 17.9 Å². The van der Waals surface area contributed by atoms with Crippen molar-refractivity contribution in [2.45, 2.75) is 5.51 Å². The molecule has 0 saturated carbocycles. The van der Waals surface area contributed by atoms with E-state index in [1.807, 2.05) is 0 Å². The first-order chi connectivity index (χ1) is 7.58. The molecule has 10 heteroatoms. The molecular formula is C7H6F3NO4S2. The fourth-order valence-electron chi connectivity index (χ4n) is 0.830. The Morgan fingerprint density at radius 3 is 1.82 bits per heavy atom. The van der Waals surface area contributed by atoms with E-state index in [4.69, 9.17) is 0 Å². The summed E-state index contributed by atoms with van der Waals surface area (Å²) in [6, 6.07) is 6.37. The standard InChI is InChI=1S/C7H6F3NO4S2/c8-7(9,10)16(12,13)17(14,15)11-6-4-2-1-3-5-6/h1-5,11H. The van der Waals surface area contributed by atoms with Crippen LogP contribution in [0.15, 0.2) is 30.3 Å². The molecule has 0 unspecified atom stereocenters. The highest BCUT2D eigenvalue weighted by Gasteiger charge is 2.55. The highest BCUT2D eigenvalue weighted by Crippen LogP contribution is 2.29. The zero-order valence-corrected chi connectivity index (χ0v) is 9.60. The van der Waals surface area contributed by atoms with E-state index >= 15 is 0 Å². The first-order valence-electron chi connectivity index (χ1n) is 3.97. The molecule has 0 radical (unpaired) electrons. The molecule has 1 N–H and O–H groups in total. The third kappa shape index (κ3) is 2.69. The summed E-state index contributed by atoms with van der Waals surface area (Å²) in [6.45, 7) is 0. The zero-order valence-electron chi connectivity index (χ0n) is 7.97. The predicted molar refractivity (Wildman–Crippen MR) is 54.0 cm³/mol. The molecule has 17 heavy (non-hydrogen) atoms. The van der Waals surface area contributed by atoms with Gasteiger partial charge in [0.05, 0.1) is 0 Å². The molecule has 0 fully saturated rings. The van der Waals surface area contributed by atoms with E-state index < -0.39 is 23.4 Å². The molecule has 1 rings (SSSR count). The first kappa shape index (κ1) is 13.8. The fourth-order valence-corrected chi connectivity index (χ4v) is 2.98. The first-order valence-corrected chi connectivity index (χ1v) is 7.45. The Morgan fingerprint density at radius 2 is 1.41 bits per heavy atom. The van der Waals surface area contributed by atoms with Crippen LogP contribution in [0.2, 0.25) is 0 Å². The van der Waals surface area contributed by atoms with Gasteiger partial charge in [-0.1, -0.05) is 18.2 Å². The van der Waals surface area contributed by atoms with Gasteiger partial charge in [-0.2, -0.15) is 21.6 Å². The quantitative estimate of drug-likeness (QED) is 0.850. The molecule has 0 aromatic heterocycles. The van der Waals surface area contributed by atoms with E-state index in [-0.39, 0.29) is 5.69 Å². The number of alkyl halides is 3. The Hall–Kier alpha value is -1.29. The summed E-state index contributed by atoms with van der Waals surface area (Å²) in [7, 11) is -11.9. The molecule has 0 aliphatic heterocycles. The van der Waals surface area contributed by atoms with Crippen molar-refractivity contribution in [1.29, 1.82) is 0 Å². The van der Waals surface area contributed by atoms with Crippen molar-refractivity contribution in [3.8, 4) is 0 Å². The Balaban J connectivity index is 3.16. The van der Waals surface area contributed by atoms with Crippen LogP contribution >= 0.6 is 0 Å². The molecule has 0 atom stereocenters. The van der Waals surface area contributed by atoms with Gasteiger partial charge in [-0.05, 0) is 12.1 Å². The summed E-state index contributed by atoms with van der Waals surface area (Å²) in [5.41, 5.74) is -6.14. The van der Waals surface area contributed by atoms with E-state index in [1.165, 1.54) is 22.9 Å². The Morgan fingerprint density at radius 1 is 0.941 bits per heavy atom. The second-order valence-corrected chi connectivity index (χ2v) is 7.94. The van der Waals surface area contributed by atoms with Crippen LogP contribution in [0.1, 0.15) is 0 Å². The van der Waals surface area contributed by atoms with Crippen LogP contribution < -0.4 is 4.72 Å². The van der Waals surface area contributed by atoms with Gasteiger partial charge in [-0.3, -0.25) is 4.72 Å². The van der Waals surface area contributed by atoms with E-state index in [2.05, 4.69) is 0 Å². The second-order valence-electron chi connectivity index (χ2n) is 2.82. The molecule has 5 nitrogen and oxygen atoms in total. The molecule has 0 saturated heterocycles. The molecular weight excluding hydrogens is 283 g/mol. The molecule has 0 spiro atoms. The smallest absolute Gasteiger partial charge is 0.271 e. The maximum Gasteiger partial charge on any atom is 0.513 e. The van der Waals surface area contributed by atoms with Crippen molar-refractivity contribution in [2.24, 2.45) is 0 Å². The lowest BCUT2D eigenvalue weighted by molar-refractivity contribution is -0.0412. The lowest BCUT2D eigenvalue weighted by atomic mass is 10.3. The predicted octanol–water partition coefficient (Wildman–Crippen LogP) is 1.28. The normalized spacial score (nSPS) is 13.4. The van der Waals surface area contributed by atoms with Gasteiger partial charge in [0.2, 0.25) is 0 Å². The summed E-state index contributed by atoms with van der Waals surface area (Å²) in [4.78, 5) is 0. The zero-order chi connectivity index (χ0) is 13.3. The average Bonchev–Trinajstić information content (AvgIpc) is 2.16. The second kappa shape index (κ2) is 4.18. The molecule has 0 bridgehead atoms. The van der Waals surface area contributed by atoms with Crippen molar-refractivity contribution < 1.29 is 30.0 Å². The van der Waals surface area contributed by atoms with Crippen molar-refractivity contribution >= 4 is 23.6 Å². The van der Waals surface area contributed by atoms with Gasteiger partial charge in [0.15, 0.2) is 0 Å². The Bertz CT molecular complexity index is 592. The number of nitrogens with one attached hydrogen (secondary N) is 1. The number of rotatable bonds is 3. The lowest BCUT2D eigenvalue weighted by Gasteiger charge is -2.10. The molecule has 0 heterocycles. The van der Waals surface area contributed by atoms with Crippen molar-refractivity contribution in [1.82, 2.24) is 0 Å². The Labute approximate surface area is 94.6 Å². The molecule has 0 aliphatic carbocycles. The van der Waals surface area contributed by atoms with E-state index in [9.17, 15) is 30.0 Å². The van der Waals surface area contributed by atoms with Gasteiger partial charge in [-0.15, -0.1) is 0 Å². The van der Waals surface area contributed by atoms with Crippen molar-refractivity contribution in [3.63, 3.8) is 0 Å². The van der Waals surface area contributed by atoms with Gasteiger partial charge >= 0.3 is 23.4 Å². The number of hydrogen-bond donors (Lipinski definition) is 1. The maximum atomic E-state index is 12.0. The third-order valence-corrected chi connectivity index (χ3v) is 5.77. The molecule has 1 aromatic rings. The minimum atomic E-state index is -6.31. The highest BCUT2D eigenvalue weighted by molar-refractivity contribution is 8.67. The van der Waals surface area contributed by atoms with E-state index in [0.717, 1.165) is 12.1 Å². The summed E-state index contributed by atoms with van der Waals surface area (Å²) >= 11 is 0. The molecule has 0 amide bonds. The number of hydrogen-bond acceptors (Lipinski definition) is 4. The monoisotopic (exact) mass is 289 g/mol. The van der Waals surface area contributed by atoms with Crippen molar-refractivity contribution in [2.75, 3.05) is 4.72 Å². The number of anilines is 1. The van der Waals surface area contributed by atoms with E-state index in [1.54, 1.807) is 0 Å². The number of benzene rings is 1. The lowest BCUT2D eigenvalue weighted by Crippen LogP contribution is -2.34. The highest BCUT2D eigenvalue weighted by atomic mass is 33.2. The largest absolute Gasteiger partial charge is 0.513 e. The Kier molecular flexibility index (Phi) is 3.39. The van der Waals surface area contributed by atoms with Crippen LogP contribution in [0.4, 0.5) is 18.9 Å². The van der Waals surface area contributed by atoms with Gasteiger partial charge in [0, 0.05) is 5.69 Å². The van der Waals surface area contributed by atoms with Gasteiger partial charge in [0.1, 0.15) is 0 Å². The molecule has 96 valence electrons. The average molecular weight is 289 g/mol. The van der Waals surface area contributed by atoms with Crippen LogP contribution in [0, 0.1) is 0 Å². The number of halogens is 3. The summed E-state index contributed by atoms with van der Waals surface area (Å²) < 4.78 is 80.9. The SMILES string of the molecule is O=S(=O)(Nc1ccccc1)S(=O)(=O)C(F)(F)F. The topological polar surface area (TPSA) is 80.3 Å². The van der Waals surface area contributed by atoms with Crippen LogP contribution in [0.25, 0.3) is 0 Å². The molecule has 1 aromatic carbocycles. The summed E-state index contributed by atoms with van der Waals surface area (Å²) in [5.74, 6) is 0. The van der Waals surface area contributed by atoms with Gasteiger partial charge in [-0.25, -0.2) is 8.42 Å². The molecule has 0 aliphatic rings. The maximum absolute atomic E-state index is 12.0. The summed E-state index contributed by atoms with van der Waals surface area (Å²) in [5, 5.41) is 0. The summed E-state index contributed by atoms with van der Waals surface area (Å²) in [6.07, 6.45) is 0. The van der Waals surface area contributed by atoms with Gasteiger partial charge < -0.3 is 0 Å². The third-order valence-electron chi connectivity index (χ3n) is 1.59. The minimum Gasteiger partial charge on any atom is -0.271 e. The minimum absolute atomic E-state index is 0.277. The van der Waals surface area contributed by atoms with Gasteiger partial charge in [0.25, 0.3) is 0 Å².